The van der Waals surface area contributed by atoms with Gasteiger partial charge in [0.25, 0.3) is 5.56 Å². The topological polar surface area (TPSA) is 60.7 Å². The second-order valence-corrected chi connectivity index (χ2v) is 9.37. The lowest BCUT2D eigenvalue weighted by molar-refractivity contribution is -0.139. The molecule has 0 unspecified atom stereocenters. The number of hydrogen-bond acceptors (Lipinski definition) is 6. The van der Waals surface area contributed by atoms with E-state index < -0.39 is 12.0 Å². The van der Waals surface area contributed by atoms with Gasteiger partial charge in [-0.25, -0.2) is 9.79 Å². The molecule has 1 aliphatic heterocycles. The molecule has 5 rings (SSSR count). The van der Waals surface area contributed by atoms with Crippen LogP contribution >= 0.6 is 22.7 Å². The van der Waals surface area contributed by atoms with Crippen LogP contribution in [0.15, 0.2) is 81.0 Å². The Balaban J connectivity index is 1.74. The summed E-state index contributed by atoms with van der Waals surface area (Å²) < 4.78 is 7.53. The van der Waals surface area contributed by atoms with Crippen LogP contribution in [-0.2, 0) is 9.53 Å². The summed E-state index contributed by atoms with van der Waals surface area (Å²) in [6, 6.07) is 17.5. The van der Waals surface area contributed by atoms with Crippen LogP contribution in [0, 0.1) is 0 Å². The van der Waals surface area contributed by atoms with E-state index in [1.807, 2.05) is 47.9 Å². The number of hydrogen-bond donors (Lipinski definition) is 0. The molecule has 0 spiro atoms. The van der Waals surface area contributed by atoms with E-state index in [0.29, 0.717) is 20.6 Å². The molecule has 1 atom stereocenters. The Labute approximate surface area is 192 Å². The first-order valence-corrected chi connectivity index (χ1v) is 12.0. The zero-order valence-electron chi connectivity index (χ0n) is 17.6. The Morgan fingerprint density at radius 3 is 2.75 bits per heavy atom. The van der Waals surface area contributed by atoms with Crippen molar-refractivity contribution in [3.8, 4) is 0 Å². The van der Waals surface area contributed by atoms with E-state index in [-0.39, 0.29) is 12.2 Å². The largest absolute Gasteiger partial charge is 0.463 e. The highest BCUT2D eigenvalue weighted by molar-refractivity contribution is 7.10. The zero-order chi connectivity index (χ0) is 22.2. The standard InChI is InChI=1S/C25H20N2O3S2/c1-3-30-24(29)21-15(2)26-25-27(22(21)19-12-7-13-31-19)23(28)20(32-25)14-17-10-6-9-16-8-4-5-11-18(16)17/h4-14,22H,3H2,1-2H3/b20-14-/t22-/m0/s1. The molecule has 0 amide bonds. The van der Waals surface area contributed by atoms with Gasteiger partial charge in [0.05, 0.1) is 22.4 Å². The molecular weight excluding hydrogens is 440 g/mol. The minimum Gasteiger partial charge on any atom is -0.463 e. The predicted octanol–water partition coefficient (Wildman–Crippen LogP) is 4.01. The van der Waals surface area contributed by atoms with Gasteiger partial charge < -0.3 is 4.74 Å². The van der Waals surface area contributed by atoms with Crippen molar-refractivity contribution in [2.75, 3.05) is 6.61 Å². The number of carbonyl (C=O) groups excluding carboxylic acids is 1. The molecule has 0 aliphatic carbocycles. The minimum atomic E-state index is -0.542. The van der Waals surface area contributed by atoms with E-state index in [4.69, 9.17) is 4.74 Å². The molecule has 160 valence electrons. The second-order valence-electron chi connectivity index (χ2n) is 7.39. The summed E-state index contributed by atoms with van der Waals surface area (Å²) >= 11 is 2.85. The number of nitrogens with zero attached hydrogens (tertiary/aromatic N) is 2. The Morgan fingerprint density at radius 1 is 1.16 bits per heavy atom. The van der Waals surface area contributed by atoms with Gasteiger partial charge in [0.1, 0.15) is 6.04 Å². The fraction of sp³-hybridized carbons (Fsp3) is 0.160. The van der Waals surface area contributed by atoms with E-state index >= 15 is 0 Å². The van der Waals surface area contributed by atoms with Gasteiger partial charge in [0, 0.05) is 4.88 Å². The highest BCUT2D eigenvalue weighted by atomic mass is 32.1. The molecule has 0 N–H and O–H groups in total. The summed E-state index contributed by atoms with van der Waals surface area (Å²) in [6.07, 6.45) is 1.92. The maximum absolute atomic E-state index is 13.6. The summed E-state index contributed by atoms with van der Waals surface area (Å²) in [7, 11) is 0. The average molecular weight is 461 g/mol. The van der Waals surface area contributed by atoms with Crippen LogP contribution in [0.4, 0.5) is 0 Å². The van der Waals surface area contributed by atoms with Gasteiger partial charge in [0.15, 0.2) is 4.80 Å². The minimum absolute atomic E-state index is 0.158. The van der Waals surface area contributed by atoms with Crippen LogP contribution in [-0.4, -0.2) is 17.1 Å². The van der Waals surface area contributed by atoms with Crippen molar-refractivity contribution < 1.29 is 9.53 Å². The van der Waals surface area contributed by atoms with Crippen LogP contribution in [0.1, 0.15) is 30.3 Å². The van der Waals surface area contributed by atoms with Gasteiger partial charge >= 0.3 is 5.97 Å². The van der Waals surface area contributed by atoms with Gasteiger partial charge in [-0.2, -0.15) is 0 Å². The molecular formula is C25H20N2O3S2. The fourth-order valence-corrected chi connectivity index (χ4v) is 5.89. The number of thiophene rings is 1. The SMILES string of the molecule is CCOC(=O)C1=C(C)N=c2s/c(=C\c3cccc4ccccc34)c(=O)n2[C@H]1c1cccs1. The van der Waals surface area contributed by atoms with E-state index in [2.05, 4.69) is 23.2 Å². The van der Waals surface area contributed by atoms with Crippen LogP contribution < -0.4 is 14.9 Å². The number of carbonyl (C=O) groups is 1. The number of esters is 1. The normalized spacial score (nSPS) is 16.2. The van der Waals surface area contributed by atoms with Crippen molar-refractivity contribution in [3.63, 3.8) is 0 Å². The fourth-order valence-electron chi connectivity index (χ4n) is 4.03. The molecule has 0 fully saturated rings. The monoisotopic (exact) mass is 460 g/mol. The molecule has 3 heterocycles. The Hall–Kier alpha value is -3.29. The molecule has 1 aliphatic rings. The Kier molecular flexibility index (Phi) is 5.36. The molecule has 0 saturated carbocycles. The number of benzene rings is 2. The lowest BCUT2D eigenvalue weighted by Gasteiger charge is -2.23. The summed E-state index contributed by atoms with van der Waals surface area (Å²) in [4.78, 5) is 32.5. The first kappa shape index (κ1) is 20.6. The molecule has 7 heteroatoms. The van der Waals surface area contributed by atoms with E-state index in [9.17, 15) is 9.59 Å². The maximum atomic E-state index is 13.6. The highest BCUT2D eigenvalue weighted by Crippen LogP contribution is 2.33. The van der Waals surface area contributed by atoms with Crippen LogP contribution in [0.25, 0.3) is 16.8 Å². The second kappa shape index (κ2) is 8.33. The van der Waals surface area contributed by atoms with Gasteiger partial charge in [0.2, 0.25) is 0 Å². The third-order valence-corrected chi connectivity index (χ3v) is 7.35. The van der Waals surface area contributed by atoms with E-state index in [0.717, 1.165) is 21.2 Å². The number of aromatic nitrogens is 1. The van der Waals surface area contributed by atoms with Gasteiger partial charge in [-0.3, -0.25) is 9.36 Å². The van der Waals surface area contributed by atoms with Crippen molar-refractivity contribution in [1.82, 2.24) is 4.57 Å². The van der Waals surface area contributed by atoms with Gasteiger partial charge in [-0.05, 0) is 47.7 Å². The van der Waals surface area contributed by atoms with E-state index in [1.165, 1.54) is 22.7 Å². The van der Waals surface area contributed by atoms with Crippen LogP contribution in [0.2, 0.25) is 0 Å². The molecule has 0 bridgehead atoms. The van der Waals surface area contributed by atoms with Gasteiger partial charge in [-0.1, -0.05) is 59.9 Å². The summed E-state index contributed by atoms with van der Waals surface area (Å²) in [5, 5.41) is 4.14. The lowest BCUT2D eigenvalue weighted by atomic mass is 10.0. The van der Waals surface area contributed by atoms with Gasteiger partial charge in [-0.15, -0.1) is 11.3 Å². The van der Waals surface area contributed by atoms with Crippen molar-refractivity contribution in [1.29, 1.82) is 0 Å². The Morgan fingerprint density at radius 2 is 1.97 bits per heavy atom. The van der Waals surface area contributed by atoms with Crippen molar-refractivity contribution in [2.45, 2.75) is 19.9 Å². The average Bonchev–Trinajstić information content (AvgIpc) is 3.42. The molecule has 2 aromatic carbocycles. The van der Waals surface area contributed by atoms with Crippen LogP contribution in [0.5, 0.6) is 0 Å². The van der Waals surface area contributed by atoms with Crippen LogP contribution in [0.3, 0.4) is 0 Å². The molecule has 32 heavy (non-hydrogen) atoms. The first-order valence-electron chi connectivity index (χ1n) is 10.3. The lowest BCUT2D eigenvalue weighted by Crippen LogP contribution is -2.39. The predicted molar refractivity (Wildman–Crippen MR) is 129 cm³/mol. The first-order chi connectivity index (χ1) is 15.6. The molecule has 2 aromatic heterocycles. The maximum Gasteiger partial charge on any atom is 0.338 e. The van der Waals surface area contributed by atoms with Crippen molar-refractivity contribution in [2.24, 2.45) is 4.99 Å². The third kappa shape index (κ3) is 3.43. The summed E-state index contributed by atoms with van der Waals surface area (Å²) in [5.41, 5.74) is 1.81. The molecule has 0 saturated heterocycles. The van der Waals surface area contributed by atoms with Crippen molar-refractivity contribution >= 4 is 45.5 Å². The number of fused-ring (bicyclic) bond motifs is 2. The smallest absolute Gasteiger partial charge is 0.338 e. The van der Waals surface area contributed by atoms with Crippen molar-refractivity contribution in [3.05, 3.63) is 101 Å². The number of rotatable bonds is 4. The Bertz CT molecular complexity index is 1540. The molecule has 5 nitrogen and oxygen atoms in total. The molecule has 0 radical (unpaired) electrons. The zero-order valence-corrected chi connectivity index (χ0v) is 19.2. The molecule has 4 aromatic rings. The summed E-state index contributed by atoms with van der Waals surface area (Å²) in [6.45, 7) is 3.83. The highest BCUT2D eigenvalue weighted by Gasteiger charge is 2.33. The quantitative estimate of drug-likeness (QED) is 0.432. The van der Waals surface area contributed by atoms with E-state index in [1.54, 1.807) is 18.4 Å². The number of thiazole rings is 1. The number of allylic oxidation sites excluding steroid dienone is 1. The summed E-state index contributed by atoms with van der Waals surface area (Å²) in [5.74, 6) is -0.435. The third-order valence-electron chi connectivity index (χ3n) is 5.44. The number of ether oxygens (including phenoxy) is 1.